The zero-order valence-corrected chi connectivity index (χ0v) is 10.2. The summed E-state index contributed by atoms with van der Waals surface area (Å²) in [5.41, 5.74) is 0.471. The van der Waals surface area contributed by atoms with Crippen molar-refractivity contribution in [3.63, 3.8) is 0 Å². The SMILES string of the molecule is CC(Oc1cccc(F)c1C#N)c1cccc(F)c1. The predicted molar refractivity (Wildman–Crippen MR) is 66.6 cm³/mol. The molecule has 0 radical (unpaired) electrons. The fourth-order valence-electron chi connectivity index (χ4n) is 1.73. The van der Waals surface area contributed by atoms with E-state index in [-0.39, 0.29) is 17.1 Å². The lowest BCUT2D eigenvalue weighted by Crippen LogP contribution is -2.05. The number of benzene rings is 2. The van der Waals surface area contributed by atoms with Gasteiger partial charge in [-0.3, -0.25) is 0 Å². The molecule has 2 rings (SSSR count). The Morgan fingerprint density at radius 3 is 2.58 bits per heavy atom. The molecule has 0 N–H and O–H groups in total. The molecule has 4 heteroatoms. The first-order valence-corrected chi connectivity index (χ1v) is 5.72. The van der Waals surface area contributed by atoms with E-state index in [1.807, 2.05) is 0 Å². The van der Waals surface area contributed by atoms with Gasteiger partial charge in [-0.15, -0.1) is 0 Å². The summed E-state index contributed by atoms with van der Waals surface area (Å²) in [6, 6.07) is 11.9. The van der Waals surface area contributed by atoms with Gasteiger partial charge in [0.25, 0.3) is 0 Å². The number of rotatable bonds is 3. The molecule has 0 aromatic heterocycles. The maximum Gasteiger partial charge on any atom is 0.144 e. The molecule has 2 nitrogen and oxygen atoms in total. The molecule has 0 spiro atoms. The lowest BCUT2D eigenvalue weighted by atomic mass is 10.1. The van der Waals surface area contributed by atoms with E-state index in [0.29, 0.717) is 5.56 Å². The third-order valence-electron chi connectivity index (χ3n) is 2.71. The molecule has 2 aromatic carbocycles. The first kappa shape index (κ1) is 13.0. The van der Waals surface area contributed by atoms with Gasteiger partial charge in [-0.2, -0.15) is 5.26 Å². The van der Waals surface area contributed by atoms with Crippen molar-refractivity contribution < 1.29 is 13.5 Å². The standard InChI is InChI=1S/C15H11F2NO/c1-10(11-4-2-5-12(16)8-11)19-15-7-3-6-14(17)13(15)9-18/h2-8,10H,1H3. The minimum Gasteiger partial charge on any atom is -0.485 e. The molecule has 0 aliphatic rings. The van der Waals surface area contributed by atoms with E-state index < -0.39 is 11.9 Å². The first-order chi connectivity index (χ1) is 9.11. The van der Waals surface area contributed by atoms with E-state index in [1.54, 1.807) is 25.1 Å². The quantitative estimate of drug-likeness (QED) is 0.835. The highest BCUT2D eigenvalue weighted by atomic mass is 19.1. The number of ether oxygens (including phenoxy) is 1. The van der Waals surface area contributed by atoms with Gasteiger partial charge in [-0.05, 0) is 36.8 Å². The van der Waals surface area contributed by atoms with E-state index >= 15 is 0 Å². The van der Waals surface area contributed by atoms with Crippen molar-refractivity contribution in [3.8, 4) is 11.8 Å². The van der Waals surface area contributed by atoms with Crippen LogP contribution in [0, 0.1) is 23.0 Å². The molecule has 0 amide bonds. The minimum absolute atomic E-state index is 0.147. The van der Waals surface area contributed by atoms with Crippen LogP contribution >= 0.6 is 0 Å². The normalized spacial score (nSPS) is 11.7. The molecule has 19 heavy (non-hydrogen) atoms. The molecule has 0 fully saturated rings. The molecule has 96 valence electrons. The summed E-state index contributed by atoms with van der Waals surface area (Å²) in [4.78, 5) is 0. The molecule has 1 unspecified atom stereocenters. The number of hydrogen-bond acceptors (Lipinski definition) is 2. The third kappa shape index (κ3) is 2.89. The fourth-order valence-corrected chi connectivity index (χ4v) is 1.73. The van der Waals surface area contributed by atoms with Crippen LogP contribution in [0.4, 0.5) is 8.78 Å². The van der Waals surface area contributed by atoms with Crippen LogP contribution in [0.25, 0.3) is 0 Å². The van der Waals surface area contributed by atoms with E-state index in [1.165, 1.54) is 30.3 Å². The number of nitrogens with zero attached hydrogens (tertiary/aromatic N) is 1. The van der Waals surface area contributed by atoms with Crippen LogP contribution in [-0.4, -0.2) is 0 Å². The Labute approximate surface area is 109 Å². The molecule has 1 atom stereocenters. The highest BCUT2D eigenvalue weighted by molar-refractivity contribution is 5.44. The Hall–Kier alpha value is -2.41. The average Bonchev–Trinajstić information content (AvgIpc) is 2.39. The van der Waals surface area contributed by atoms with Crippen LogP contribution in [0.3, 0.4) is 0 Å². The van der Waals surface area contributed by atoms with Crippen molar-refractivity contribution >= 4 is 0 Å². The summed E-state index contributed by atoms with van der Waals surface area (Å²) in [6.07, 6.45) is -0.482. The monoisotopic (exact) mass is 259 g/mol. The van der Waals surface area contributed by atoms with Gasteiger partial charge in [-0.1, -0.05) is 18.2 Å². The van der Waals surface area contributed by atoms with Gasteiger partial charge in [0.05, 0.1) is 0 Å². The Morgan fingerprint density at radius 1 is 1.16 bits per heavy atom. The Kier molecular flexibility index (Phi) is 3.76. The van der Waals surface area contributed by atoms with Gasteiger partial charge in [-0.25, -0.2) is 8.78 Å². The van der Waals surface area contributed by atoms with Crippen LogP contribution in [0.15, 0.2) is 42.5 Å². The van der Waals surface area contributed by atoms with Crippen molar-refractivity contribution in [1.82, 2.24) is 0 Å². The van der Waals surface area contributed by atoms with Crippen molar-refractivity contribution in [2.45, 2.75) is 13.0 Å². The minimum atomic E-state index is -0.633. The van der Waals surface area contributed by atoms with Crippen LogP contribution in [-0.2, 0) is 0 Å². The highest BCUT2D eigenvalue weighted by Gasteiger charge is 2.13. The van der Waals surface area contributed by atoms with Crippen molar-refractivity contribution in [2.75, 3.05) is 0 Å². The molecule has 0 aliphatic carbocycles. The van der Waals surface area contributed by atoms with Gasteiger partial charge in [0.15, 0.2) is 0 Å². The van der Waals surface area contributed by atoms with Crippen molar-refractivity contribution in [2.24, 2.45) is 0 Å². The van der Waals surface area contributed by atoms with Gasteiger partial charge >= 0.3 is 0 Å². The lowest BCUT2D eigenvalue weighted by Gasteiger charge is -2.16. The molecule has 0 heterocycles. The Bertz CT molecular complexity index is 634. The van der Waals surface area contributed by atoms with Crippen molar-refractivity contribution in [3.05, 3.63) is 65.2 Å². The highest BCUT2D eigenvalue weighted by Crippen LogP contribution is 2.26. The zero-order chi connectivity index (χ0) is 13.8. The summed E-state index contributed by atoms with van der Waals surface area (Å²) < 4.78 is 32.0. The van der Waals surface area contributed by atoms with Gasteiger partial charge in [0, 0.05) is 0 Å². The largest absolute Gasteiger partial charge is 0.485 e. The molecule has 2 aromatic rings. The van der Waals surface area contributed by atoms with E-state index in [4.69, 9.17) is 10.00 Å². The Balaban J connectivity index is 2.27. The molecule has 0 saturated carbocycles. The van der Waals surface area contributed by atoms with Crippen LogP contribution in [0.5, 0.6) is 5.75 Å². The van der Waals surface area contributed by atoms with Gasteiger partial charge in [0.1, 0.15) is 35.1 Å². The molecule has 0 saturated heterocycles. The summed E-state index contributed by atoms with van der Waals surface area (Å²) in [6.45, 7) is 1.71. The average molecular weight is 259 g/mol. The third-order valence-corrected chi connectivity index (χ3v) is 2.71. The molecule has 0 bridgehead atoms. The van der Waals surface area contributed by atoms with Crippen LogP contribution in [0.1, 0.15) is 24.2 Å². The van der Waals surface area contributed by atoms with Crippen LogP contribution in [0.2, 0.25) is 0 Å². The van der Waals surface area contributed by atoms with E-state index in [9.17, 15) is 8.78 Å². The number of hydrogen-bond donors (Lipinski definition) is 0. The fraction of sp³-hybridized carbons (Fsp3) is 0.133. The summed E-state index contributed by atoms with van der Waals surface area (Å²) in [5.74, 6) is -0.849. The second-order valence-corrected chi connectivity index (χ2v) is 4.04. The summed E-state index contributed by atoms with van der Waals surface area (Å²) in [7, 11) is 0. The zero-order valence-electron chi connectivity index (χ0n) is 10.2. The topological polar surface area (TPSA) is 33.0 Å². The molecular weight excluding hydrogens is 248 g/mol. The lowest BCUT2D eigenvalue weighted by molar-refractivity contribution is 0.224. The van der Waals surface area contributed by atoms with Gasteiger partial charge < -0.3 is 4.74 Å². The summed E-state index contributed by atoms with van der Waals surface area (Å²) in [5, 5.41) is 8.90. The summed E-state index contributed by atoms with van der Waals surface area (Å²) >= 11 is 0. The predicted octanol–water partition coefficient (Wildman–Crippen LogP) is 3.98. The smallest absolute Gasteiger partial charge is 0.144 e. The number of nitriles is 1. The maximum atomic E-state index is 13.4. The van der Waals surface area contributed by atoms with E-state index in [2.05, 4.69) is 0 Å². The molecule has 0 aliphatic heterocycles. The number of halogens is 2. The van der Waals surface area contributed by atoms with Crippen LogP contribution < -0.4 is 4.74 Å². The second-order valence-electron chi connectivity index (χ2n) is 4.04. The maximum absolute atomic E-state index is 13.4. The van der Waals surface area contributed by atoms with Crippen molar-refractivity contribution in [1.29, 1.82) is 5.26 Å². The Morgan fingerprint density at radius 2 is 1.89 bits per heavy atom. The van der Waals surface area contributed by atoms with E-state index in [0.717, 1.165) is 0 Å². The van der Waals surface area contributed by atoms with Gasteiger partial charge in [0.2, 0.25) is 0 Å². The second kappa shape index (κ2) is 5.49. The first-order valence-electron chi connectivity index (χ1n) is 5.72. The molecular formula is C15H11F2NO.